The summed E-state index contributed by atoms with van der Waals surface area (Å²) in [4.78, 5) is 6.78. The van der Waals surface area contributed by atoms with Crippen molar-refractivity contribution in [3.63, 3.8) is 0 Å². The third-order valence-electron chi connectivity index (χ3n) is 4.38. The molecular formula is C18H21N3. The fraction of sp³-hybridized carbons (Fsp3) is 0.278. The molecule has 0 aromatic heterocycles. The highest BCUT2D eigenvalue weighted by Crippen LogP contribution is 2.37. The predicted octanol–water partition coefficient (Wildman–Crippen LogP) is 3.12. The summed E-state index contributed by atoms with van der Waals surface area (Å²) < 4.78 is 0. The van der Waals surface area contributed by atoms with E-state index in [1.807, 2.05) is 12.1 Å². The predicted molar refractivity (Wildman–Crippen MR) is 86.9 cm³/mol. The van der Waals surface area contributed by atoms with E-state index in [1.54, 1.807) is 0 Å². The van der Waals surface area contributed by atoms with E-state index in [1.165, 1.54) is 11.1 Å². The Morgan fingerprint density at radius 3 is 2.29 bits per heavy atom. The van der Waals surface area contributed by atoms with Gasteiger partial charge in [-0.15, -0.1) is 0 Å². The average Bonchev–Trinajstić information content (AvgIpc) is 2.87. The van der Waals surface area contributed by atoms with Crippen molar-refractivity contribution < 1.29 is 0 Å². The zero-order valence-electron chi connectivity index (χ0n) is 12.4. The third-order valence-corrected chi connectivity index (χ3v) is 4.38. The summed E-state index contributed by atoms with van der Waals surface area (Å²) in [6.45, 7) is 3.73. The number of guanidine groups is 1. The quantitative estimate of drug-likeness (QED) is 0.934. The van der Waals surface area contributed by atoms with E-state index in [9.17, 15) is 0 Å². The number of hydrogen-bond donors (Lipinski definition) is 1. The van der Waals surface area contributed by atoms with Crippen molar-refractivity contribution in [3.05, 3.63) is 71.8 Å². The average molecular weight is 279 g/mol. The van der Waals surface area contributed by atoms with Gasteiger partial charge in [0.05, 0.1) is 12.1 Å². The Morgan fingerprint density at radius 2 is 1.67 bits per heavy atom. The van der Waals surface area contributed by atoms with E-state index >= 15 is 0 Å². The van der Waals surface area contributed by atoms with Crippen LogP contribution in [0, 0.1) is 0 Å². The number of nitrogens with zero attached hydrogens (tertiary/aromatic N) is 2. The van der Waals surface area contributed by atoms with Crippen molar-refractivity contribution in [2.45, 2.75) is 25.4 Å². The molecule has 1 heterocycles. The number of hydrogen-bond acceptors (Lipinski definition) is 3. The monoisotopic (exact) mass is 279 g/mol. The minimum absolute atomic E-state index is 0.124. The van der Waals surface area contributed by atoms with Gasteiger partial charge in [-0.3, -0.25) is 4.99 Å². The normalized spacial score (nSPS) is 21.4. The summed E-state index contributed by atoms with van der Waals surface area (Å²) in [7, 11) is 0. The zero-order chi connectivity index (χ0) is 14.7. The fourth-order valence-corrected chi connectivity index (χ4v) is 3.10. The number of aliphatic imine (C=N–C) groups is 1. The van der Waals surface area contributed by atoms with Gasteiger partial charge in [-0.05, 0) is 17.5 Å². The van der Waals surface area contributed by atoms with Crippen molar-refractivity contribution in [3.8, 4) is 0 Å². The molecule has 0 radical (unpaired) electrons. The van der Waals surface area contributed by atoms with Gasteiger partial charge in [-0.25, -0.2) is 0 Å². The van der Waals surface area contributed by atoms with Crippen molar-refractivity contribution in [1.29, 1.82) is 0 Å². The molecule has 0 aliphatic carbocycles. The summed E-state index contributed by atoms with van der Waals surface area (Å²) in [5, 5.41) is 0. The lowest BCUT2D eigenvalue weighted by Gasteiger charge is -2.39. The minimum Gasteiger partial charge on any atom is -0.370 e. The van der Waals surface area contributed by atoms with Crippen molar-refractivity contribution in [2.24, 2.45) is 10.7 Å². The van der Waals surface area contributed by atoms with Gasteiger partial charge in [0.1, 0.15) is 0 Å². The molecule has 1 aliphatic rings. The second kappa shape index (κ2) is 5.60. The van der Waals surface area contributed by atoms with Crippen LogP contribution in [0.4, 0.5) is 0 Å². The molecule has 2 aromatic rings. The summed E-state index contributed by atoms with van der Waals surface area (Å²) in [6, 6.07) is 21.0. The van der Waals surface area contributed by atoms with Gasteiger partial charge in [0.2, 0.25) is 0 Å². The number of rotatable bonds is 4. The third kappa shape index (κ3) is 2.40. The first kappa shape index (κ1) is 13.7. The van der Waals surface area contributed by atoms with Gasteiger partial charge in [0, 0.05) is 6.54 Å². The zero-order valence-corrected chi connectivity index (χ0v) is 12.4. The van der Waals surface area contributed by atoms with Crippen LogP contribution in [0.5, 0.6) is 0 Å². The topological polar surface area (TPSA) is 41.6 Å². The van der Waals surface area contributed by atoms with Crippen molar-refractivity contribution in [1.82, 2.24) is 4.90 Å². The molecule has 3 nitrogen and oxygen atoms in total. The highest BCUT2D eigenvalue weighted by Gasteiger charge is 2.42. The molecule has 0 amide bonds. The Balaban J connectivity index is 1.97. The van der Waals surface area contributed by atoms with E-state index in [4.69, 9.17) is 5.73 Å². The van der Waals surface area contributed by atoms with Gasteiger partial charge in [-0.2, -0.15) is 0 Å². The minimum atomic E-state index is -0.124. The maximum absolute atomic E-state index is 6.19. The van der Waals surface area contributed by atoms with Crippen LogP contribution in [0.25, 0.3) is 0 Å². The van der Waals surface area contributed by atoms with Gasteiger partial charge in [-0.1, -0.05) is 67.6 Å². The molecule has 2 N–H and O–H groups in total. The second-order valence-electron chi connectivity index (χ2n) is 5.50. The molecule has 0 fully saturated rings. The Morgan fingerprint density at radius 1 is 1.05 bits per heavy atom. The van der Waals surface area contributed by atoms with Crippen molar-refractivity contribution in [2.75, 3.05) is 6.54 Å². The van der Waals surface area contributed by atoms with Gasteiger partial charge >= 0.3 is 0 Å². The van der Waals surface area contributed by atoms with Crippen LogP contribution < -0.4 is 5.73 Å². The fourth-order valence-electron chi connectivity index (χ4n) is 3.10. The van der Waals surface area contributed by atoms with E-state index < -0.39 is 0 Å². The summed E-state index contributed by atoms with van der Waals surface area (Å²) in [5.41, 5.74) is 8.61. The first-order valence-electron chi connectivity index (χ1n) is 7.43. The summed E-state index contributed by atoms with van der Waals surface area (Å²) >= 11 is 0. The van der Waals surface area contributed by atoms with E-state index in [0.29, 0.717) is 5.96 Å². The molecule has 108 valence electrons. The Hall–Kier alpha value is -2.29. The van der Waals surface area contributed by atoms with E-state index in [0.717, 1.165) is 19.5 Å². The van der Waals surface area contributed by atoms with Crippen LogP contribution in [0.3, 0.4) is 0 Å². The van der Waals surface area contributed by atoms with Gasteiger partial charge in [0.15, 0.2) is 5.96 Å². The second-order valence-corrected chi connectivity index (χ2v) is 5.50. The largest absolute Gasteiger partial charge is 0.370 e. The smallest absolute Gasteiger partial charge is 0.192 e. The lowest BCUT2D eigenvalue weighted by molar-refractivity contribution is 0.186. The van der Waals surface area contributed by atoms with Crippen LogP contribution in [0.2, 0.25) is 0 Å². The van der Waals surface area contributed by atoms with Crippen LogP contribution in [0.1, 0.15) is 24.5 Å². The lowest BCUT2D eigenvalue weighted by Crippen LogP contribution is -2.48. The molecule has 1 atom stereocenters. The van der Waals surface area contributed by atoms with Crippen LogP contribution in [0.15, 0.2) is 65.7 Å². The standard InChI is InChI=1S/C18H21N3/c1-2-18(16-11-7-4-8-12-16)14-20-17(19)21(18)13-15-9-5-3-6-10-15/h3-12H,2,13-14H2,1H3,(H2,19,20). The van der Waals surface area contributed by atoms with Crippen molar-refractivity contribution >= 4 is 5.96 Å². The van der Waals surface area contributed by atoms with Gasteiger partial charge in [0.25, 0.3) is 0 Å². The first-order chi connectivity index (χ1) is 10.3. The SMILES string of the molecule is CCC1(c2ccccc2)CN=C(N)N1Cc1ccccc1. The number of nitrogens with two attached hydrogens (primary N) is 1. The van der Waals surface area contributed by atoms with E-state index in [2.05, 4.69) is 65.3 Å². The molecular weight excluding hydrogens is 258 g/mol. The maximum atomic E-state index is 6.19. The highest BCUT2D eigenvalue weighted by molar-refractivity contribution is 5.81. The lowest BCUT2D eigenvalue weighted by atomic mass is 9.86. The molecule has 0 saturated carbocycles. The number of benzene rings is 2. The summed E-state index contributed by atoms with van der Waals surface area (Å²) in [5.74, 6) is 0.643. The highest BCUT2D eigenvalue weighted by atomic mass is 15.4. The van der Waals surface area contributed by atoms with Gasteiger partial charge < -0.3 is 10.6 Å². The Labute approximate surface area is 126 Å². The summed E-state index contributed by atoms with van der Waals surface area (Å²) in [6.07, 6.45) is 0.980. The molecule has 0 bridgehead atoms. The molecule has 0 spiro atoms. The molecule has 0 saturated heterocycles. The molecule has 2 aromatic carbocycles. The van der Waals surface area contributed by atoms with Crippen LogP contribution in [-0.4, -0.2) is 17.4 Å². The van der Waals surface area contributed by atoms with Crippen LogP contribution in [-0.2, 0) is 12.1 Å². The molecule has 1 unspecified atom stereocenters. The molecule has 3 rings (SSSR count). The molecule has 21 heavy (non-hydrogen) atoms. The van der Waals surface area contributed by atoms with Crippen LogP contribution >= 0.6 is 0 Å². The molecule has 1 aliphatic heterocycles. The first-order valence-corrected chi connectivity index (χ1v) is 7.43. The Bertz CT molecular complexity index is 621. The molecule has 3 heteroatoms. The van der Waals surface area contributed by atoms with E-state index in [-0.39, 0.29) is 5.54 Å². The Kier molecular flexibility index (Phi) is 3.65. The maximum Gasteiger partial charge on any atom is 0.192 e.